The summed E-state index contributed by atoms with van der Waals surface area (Å²) in [5, 5.41) is 19.9. The van der Waals surface area contributed by atoms with Gasteiger partial charge in [-0.2, -0.15) is 0 Å². The van der Waals surface area contributed by atoms with Crippen molar-refractivity contribution in [2.24, 2.45) is 0 Å². The van der Waals surface area contributed by atoms with Gasteiger partial charge in [-0.05, 0) is 34.7 Å². The molecule has 3 rings (SSSR count). The van der Waals surface area contributed by atoms with Crippen LogP contribution in [0.15, 0.2) is 54.7 Å². The standard InChI is InChI=1S/C24H25NO5/c1-24(2,3)16-7-5-15(6-8-16)13-25-14-19(21(26)12-22(27)23(28)29)18-11-17(30-4)9-10-20(18)25/h5-12,14,26H,13H2,1-4H3,(H,28,29)/b21-12-. The first-order valence-corrected chi connectivity index (χ1v) is 9.54. The number of aromatic nitrogens is 1. The Morgan fingerprint density at radius 3 is 2.30 bits per heavy atom. The molecule has 0 aliphatic rings. The summed E-state index contributed by atoms with van der Waals surface area (Å²) in [6.07, 6.45) is 2.43. The van der Waals surface area contributed by atoms with Gasteiger partial charge in [-0.1, -0.05) is 45.0 Å². The van der Waals surface area contributed by atoms with E-state index in [1.54, 1.807) is 12.3 Å². The lowest BCUT2D eigenvalue weighted by Crippen LogP contribution is -2.11. The van der Waals surface area contributed by atoms with Gasteiger partial charge >= 0.3 is 5.97 Å². The fraction of sp³-hybridized carbons (Fsp3) is 0.250. The molecule has 6 nitrogen and oxygen atoms in total. The zero-order valence-electron chi connectivity index (χ0n) is 17.5. The molecule has 0 saturated heterocycles. The lowest BCUT2D eigenvalue weighted by atomic mass is 9.87. The molecule has 2 aromatic carbocycles. The molecule has 0 atom stereocenters. The Morgan fingerprint density at radius 2 is 1.73 bits per heavy atom. The van der Waals surface area contributed by atoms with Crippen LogP contribution >= 0.6 is 0 Å². The van der Waals surface area contributed by atoms with Crippen molar-refractivity contribution in [2.45, 2.75) is 32.7 Å². The van der Waals surface area contributed by atoms with Crippen LogP contribution in [0.4, 0.5) is 0 Å². The number of rotatable bonds is 6. The van der Waals surface area contributed by atoms with E-state index in [9.17, 15) is 14.7 Å². The first-order chi connectivity index (χ1) is 14.1. The Hall–Kier alpha value is -3.54. The van der Waals surface area contributed by atoms with Crippen LogP contribution in [0.25, 0.3) is 16.7 Å². The fourth-order valence-corrected chi connectivity index (χ4v) is 3.31. The quantitative estimate of drug-likeness (QED) is 0.356. The number of carbonyl (C=O) groups is 2. The summed E-state index contributed by atoms with van der Waals surface area (Å²) in [5.74, 6) is -2.62. The summed E-state index contributed by atoms with van der Waals surface area (Å²) >= 11 is 0. The Labute approximate surface area is 175 Å². The third-order valence-corrected chi connectivity index (χ3v) is 5.02. The van der Waals surface area contributed by atoms with Gasteiger partial charge in [0.05, 0.1) is 7.11 Å². The second-order valence-corrected chi connectivity index (χ2v) is 8.20. The van der Waals surface area contributed by atoms with E-state index in [1.165, 1.54) is 12.7 Å². The monoisotopic (exact) mass is 407 g/mol. The second kappa shape index (κ2) is 8.06. The third kappa shape index (κ3) is 4.38. The molecule has 0 unspecified atom stereocenters. The maximum absolute atomic E-state index is 11.5. The van der Waals surface area contributed by atoms with E-state index in [0.29, 0.717) is 23.2 Å². The molecule has 1 heterocycles. The second-order valence-electron chi connectivity index (χ2n) is 8.20. The number of aliphatic carboxylic acids is 1. The van der Waals surface area contributed by atoms with Crippen molar-refractivity contribution in [3.8, 4) is 5.75 Å². The van der Waals surface area contributed by atoms with Gasteiger partial charge in [0, 0.05) is 35.3 Å². The highest BCUT2D eigenvalue weighted by Gasteiger charge is 2.17. The zero-order chi connectivity index (χ0) is 22.1. The van der Waals surface area contributed by atoms with Gasteiger partial charge in [0.2, 0.25) is 0 Å². The van der Waals surface area contributed by atoms with Crippen molar-refractivity contribution in [3.63, 3.8) is 0 Å². The molecule has 1 aromatic heterocycles. The Kier molecular flexibility index (Phi) is 5.69. The predicted molar refractivity (Wildman–Crippen MR) is 116 cm³/mol. The molecule has 0 amide bonds. The van der Waals surface area contributed by atoms with Gasteiger partial charge in [0.1, 0.15) is 11.5 Å². The number of aliphatic hydroxyl groups is 1. The molecule has 3 aromatic rings. The average molecular weight is 407 g/mol. The molecule has 2 N–H and O–H groups in total. The van der Waals surface area contributed by atoms with Crippen LogP contribution in [0.5, 0.6) is 5.75 Å². The van der Waals surface area contributed by atoms with E-state index in [4.69, 9.17) is 9.84 Å². The minimum absolute atomic E-state index is 0.0651. The molecular formula is C24H25NO5. The Morgan fingerprint density at radius 1 is 1.07 bits per heavy atom. The van der Waals surface area contributed by atoms with Crippen molar-refractivity contribution in [1.29, 1.82) is 0 Å². The largest absolute Gasteiger partial charge is 0.507 e. The van der Waals surface area contributed by atoms with Crippen LogP contribution in [0.3, 0.4) is 0 Å². The van der Waals surface area contributed by atoms with E-state index < -0.39 is 17.5 Å². The molecule has 30 heavy (non-hydrogen) atoms. The van der Waals surface area contributed by atoms with Crippen LogP contribution in [-0.4, -0.2) is 33.6 Å². The first-order valence-electron chi connectivity index (χ1n) is 9.54. The SMILES string of the molecule is COc1ccc2c(c1)c(/C(O)=C/C(=O)C(=O)O)cn2Cc1ccc(C(C)(C)C)cc1. The first kappa shape index (κ1) is 21.2. The predicted octanol–water partition coefficient (Wildman–Crippen LogP) is 4.55. The number of fused-ring (bicyclic) bond motifs is 1. The van der Waals surface area contributed by atoms with Crippen molar-refractivity contribution in [3.05, 3.63) is 71.4 Å². The van der Waals surface area contributed by atoms with Gasteiger partial charge in [-0.3, -0.25) is 4.79 Å². The zero-order valence-corrected chi connectivity index (χ0v) is 17.5. The summed E-state index contributed by atoms with van der Waals surface area (Å²) in [5.41, 5.74) is 3.57. The Balaban J connectivity index is 2.05. The molecule has 0 spiro atoms. The summed E-state index contributed by atoms with van der Waals surface area (Å²) in [7, 11) is 1.54. The maximum atomic E-state index is 11.5. The van der Waals surface area contributed by atoms with Crippen molar-refractivity contribution >= 4 is 28.4 Å². The number of aliphatic hydroxyl groups excluding tert-OH is 1. The number of hydrogen-bond acceptors (Lipinski definition) is 4. The fourth-order valence-electron chi connectivity index (χ4n) is 3.31. The minimum atomic E-state index is -1.62. The highest BCUT2D eigenvalue weighted by atomic mass is 16.5. The van der Waals surface area contributed by atoms with E-state index in [-0.39, 0.29) is 5.41 Å². The lowest BCUT2D eigenvalue weighted by molar-refractivity contribution is -0.146. The number of ketones is 1. The number of hydrogen-bond donors (Lipinski definition) is 2. The summed E-state index contributed by atoms with van der Waals surface area (Å²) in [6.45, 7) is 7.03. The van der Waals surface area contributed by atoms with E-state index >= 15 is 0 Å². The van der Waals surface area contributed by atoms with Gasteiger partial charge in [-0.25, -0.2) is 4.79 Å². The number of carbonyl (C=O) groups excluding carboxylic acids is 1. The number of methoxy groups -OCH3 is 1. The van der Waals surface area contributed by atoms with Crippen molar-refractivity contribution in [2.75, 3.05) is 7.11 Å². The highest BCUT2D eigenvalue weighted by molar-refractivity contribution is 6.38. The number of benzene rings is 2. The molecule has 0 aliphatic heterocycles. The van der Waals surface area contributed by atoms with Crippen molar-refractivity contribution in [1.82, 2.24) is 4.57 Å². The minimum Gasteiger partial charge on any atom is -0.507 e. The van der Waals surface area contributed by atoms with E-state index in [0.717, 1.165) is 17.2 Å². The van der Waals surface area contributed by atoms with Gasteiger partial charge in [0.25, 0.3) is 5.78 Å². The topological polar surface area (TPSA) is 88.8 Å². The summed E-state index contributed by atoms with van der Waals surface area (Å²) in [4.78, 5) is 22.4. The Bertz CT molecular complexity index is 1130. The molecular weight excluding hydrogens is 382 g/mol. The number of carboxylic acid groups (broad SMARTS) is 1. The van der Waals surface area contributed by atoms with Crippen LogP contribution in [0.2, 0.25) is 0 Å². The molecule has 0 fully saturated rings. The van der Waals surface area contributed by atoms with Gasteiger partial charge in [-0.15, -0.1) is 0 Å². The molecule has 0 saturated carbocycles. The van der Waals surface area contributed by atoms with Crippen LogP contribution < -0.4 is 4.74 Å². The van der Waals surface area contributed by atoms with E-state index in [1.807, 2.05) is 16.7 Å². The molecule has 0 aliphatic carbocycles. The molecule has 0 radical (unpaired) electrons. The van der Waals surface area contributed by atoms with Gasteiger partial charge < -0.3 is 19.5 Å². The maximum Gasteiger partial charge on any atom is 0.376 e. The molecule has 0 bridgehead atoms. The molecule has 156 valence electrons. The van der Waals surface area contributed by atoms with Crippen LogP contribution in [-0.2, 0) is 21.5 Å². The normalized spacial score (nSPS) is 12.2. The van der Waals surface area contributed by atoms with Crippen molar-refractivity contribution < 1.29 is 24.5 Å². The van der Waals surface area contributed by atoms with Crippen LogP contribution in [0.1, 0.15) is 37.5 Å². The molecule has 6 heteroatoms. The smallest absolute Gasteiger partial charge is 0.376 e. The highest BCUT2D eigenvalue weighted by Crippen LogP contribution is 2.30. The summed E-state index contributed by atoms with van der Waals surface area (Å²) in [6, 6.07) is 13.8. The summed E-state index contributed by atoms with van der Waals surface area (Å²) < 4.78 is 7.23. The third-order valence-electron chi connectivity index (χ3n) is 5.02. The van der Waals surface area contributed by atoms with Crippen LogP contribution in [0, 0.1) is 0 Å². The lowest BCUT2D eigenvalue weighted by Gasteiger charge is -2.19. The average Bonchev–Trinajstić information content (AvgIpc) is 3.05. The van der Waals surface area contributed by atoms with E-state index in [2.05, 4.69) is 45.0 Å². The number of carboxylic acids is 1. The van der Waals surface area contributed by atoms with Gasteiger partial charge in [0.15, 0.2) is 0 Å². The number of nitrogens with zero attached hydrogens (tertiary/aromatic N) is 1. The number of ether oxygens (including phenoxy) is 1.